The maximum Gasteiger partial charge on any atom is 0.415 e. The van der Waals surface area contributed by atoms with Gasteiger partial charge < -0.3 is 9.80 Å². The molecule has 2 fully saturated rings. The van der Waals surface area contributed by atoms with E-state index in [1.165, 1.54) is 17.5 Å². The second kappa shape index (κ2) is 8.48. The average Bonchev–Trinajstić information content (AvgIpc) is 2.94. The molecule has 0 N–H and O–H groups in total. The summed E-state index contributed by atoms with van der Waals surface area (Å²) in [7, 11) is 5.47. The van der Waals surface area contributed by atoms with Crippen molar-refractivity contribution in [1.29, 1.82) is 0 Å². The van der Waals surface area contributed by atoms with Crippen LogP contribution in [0.25, 0.3) is 0 Å². The second-order valence-electron chi connectivity index (χ2n) is 10.7. The van der Waals surface area contributed by atoms with Gasteiger partial charge in [0.2, 0.25) is 6.34 Å². The van der Waals surface area contributed by atoms with Gasteiger partial charge in [0.1, 0.15) is 0 Å². The van der Waals surface area contributed by atoms with Gasteiger partial charge in [-0.1, -0.05) is 39.5 Å². The molecule has 1 heterocycles. The maximum absolute atomic E-state index is 13.3. The molecule has 3 amide bonds. The normalized spacial score (nSPS) is 23.8. The van der Waals surface area contributed by atoms with Gasteiger partial charge in [0.05, 0.1) is 20.3 Å². The van der Waals surface area contributed by atoms with Crippen molar-refractivity contribution in [3.05, 3.63) is 48.2 Å². The Labute approximate surface area is 186 Å². The predicted octanol–water partition coefficient (Wildman–Crippen LogP) is 4.03. The summed E-state index contributed by atoms with van der Waals surface area (Å²) in [5.74, 6) is 0.126. The van der Waals surface area contributed by atoms with Gasteiger partial charge in [-0.05, 0) is 47.8 Å². The largest absolute Gasteiger partial charge is 0.415 e. The van der Waals surface area contributed by atoms with Crippen LogP contribution in [-0.2, 0) is 6.54 Å². The number of carbonyl (C=O) groups is 2. The van der Waals surface area contributed by atoms with E-state index in [0.717, 1.165) is 30.5 Å². The molecule has 0 aromatic heterocycles. The number of fused-ring (bicyclic) bond motifs is 2. The molecule has 1 aliphatic carbocycles. The summed E-state index contributed by atoms with van der Waals surface area (Å²) in [4.78, 5) is 31.0. The first-order valence-electron chi connectivity index (χ1n) is 11.0. The van der Waals surface area contributed by atoms with Crippen LogP contribution in [-0.4, -0.2) is 71.3 Å². The molecule has 0 radical (unpaired) electrons. The Kier molecular flexibility index (Phi) is 6.30. The number of amides is 3. The average molecular weight is 426 g/mol. The molecule has 2 unspecified atom stereocenters. The Bertz CT molecular complexity index is 885. The van der Waals surface area contributed by atoms with E-state index in [4.69, 9.17) is 0 Å². The van der Waals surface area contributed by atoms with E-state index in [9.17, 15) is 9.59 Å². The number of hydrogen-bond donors (Lipinski definition) is 0. The smallest absolute Gasteiger partial charge is 0.335 e. The topological polar surface area (TPSA) is 46.9 Å². The lowest BCUT2D eigenvalue weighted by molar-refractivity contribution is -0.463. The van der Waals surface area contributed by atoms with Gasteiger partial charge in [0.25, 0.3) is 5.91 Å². The van der Waals surface area contributed by atoms with Crippen LogP contribution in [0, 0.1) is 10.8 Å². The molecule has 2 atom stereocenters. The second-order valence-corrected chi connectivity index (χ2v) is 10.7. The van der Waals surface area contributed by atoms with Crippen molar-refractivity contribution in [3.63, 3.8) is 0 Å². The van der Waals surface area contributed by atoms with Gasteiger partial charge in [0.15, 0.2) is 0 Å². The van der Waals surface area contributed by atoms with Crippen LogP contribution in [0.2, 0.25) is 0 Å². The zero-order valence-electron chi connectivity index (χ0n) is 19.9. The number of urea groups is 1. The first-order valence-corrected chi connectivity index (χ1v) is 11.0. The Balaban J connectivity index is 1.66. The van der Waals surface area contributed by atoms with Crippen molar-refractivity contribution < 1.29 is 14.2 Å². The third-order valence-electron chi connectivity index (χ3n) is 6.40. The first kappa shape index (κ1) is 23.0. The third kappa shape index (κ3) is 5.17. The number of hydrogen-bond acceptors (Lipinski definition) is 2. The van der Waals surface area contributed by atoms with Crippen molar-refractivity contribution in [2.24, 2.45) is 10.8 Å². The highest BCUT2D eigenvalue weighted by molar-refractivity contribution is 5.94. The van der Waals surface area contributed by atoms with E-state index in [2.05, 4.69) is 32.3 Å². The van der Waals surface area contributed by atoms with Crippen LogP contribution >= 0.6 is 0 Å². The van der Waals surface area contributed by atoms with Crippen LogP contribution < -0.4 is 0 Å². The van der Waals surface area contributed by atoms with Gasteiger partial charge in [-0.15, -0.1) is 0 Å². The minimum atomic E-state index is -0.163. The fraction of sp³-hybridized carbons (Fsp3) is 0.560. The van der Waals surface area contributed by atoms with Crippen molar-refractivity contribution in [3.8, 4) is 0 Å². The van der Waals surface area contributed by atoms with Crippen LogP contribution in [0.3, 0.4) is 0 Å². The minimum absolute atomic E-state index is 0.126. The standard InChI is InChI=1S/C25H37N4O2/c1-8-28(18-26(5)6)23(31)27(7)15-19-9-11-20(12-10-19)22(30)29-17-25(4)14-21(29)13-24(2,3)16-25/h8-12,18,21H,1,13-17H2,2-7H3/q+1. The Morgan fingerprint density at radius 3 is 2.42 bits per heavy atom. The maximum atomic E-state index is 13.3. The highest BCUT2D eigenvalue weighted by Crippen LogP contribution is 2.52. The van der Waals surface area contributed by atoms with Crippen molar-refractivity contribution >= 4 is 18.3 Å². The van der Waals surface area contributed by atoms with Gasteiger partial charge >= 0.3 is 6.03 Å². The summed E-state index contributed by atoms with van der Waals surface area (Å²) in [6.45, 7) is 12.0. The van der Waals surface area contributed by atoms with Crippen molar-refractivity contribution in [2.75, 3.05) is 27.7 Å². The zero-order chi connectivity index (χ0) is 23.0. The fourth-order valence-electron chi connectivity index (χ4n) is 5.58. The Morgan fingerprint density at radius 2 is 1.84 bits per heavy atom. The minimum Gasteiger partial charge on any atom is -0.335 e. The summed E-state index contributed by atoms with van der Waals surface area (Å²) in [6, 6.07) is 7.84. The molecule has 31 heavy (non-hydrogen) atoms. The number of rotatable bonds is 5. The summed E-state index contributed by atoms with van der Waals surface area (Å²) < 4.78 is 1.79. The summed E-state index contributed by atoms with van der Waals surface area (Å²) >= 11 is 0. The van der Waals surface area contributed by atoms with E-state index in [1.807, 2.05) is 38.4 Å². The summed E-state index contributed by atoms with van der Waals surface area (Å²) in [5, 5.41) is 0. The Hall–Kier alpha value is -2.63. The van der Waals surface area contributed by atoms with Crippen LogP contribution in [0.15, 0.2) is 37.0 Å². The lowest BCUT2D eigenvalue weighted by atomic mass is 9.65. The van der Waals surface area contributed by atoms with Crippen molar-refractivity contribution in [1.82, 2.24) is 14.7 Å². The molecule has 1 aromatic rings. The lowest BCUT2D eigenvalue weighted by Gasteiger charge is -2.39. The summed E-state index contributed by atoms with van der Waals surface area (Å²) in [5.41, 5.74) is 2.22. The molecule has 6 heteroatoms. The van der Waals surface area contributed by atoms with E-state index in [0.29, 0.717) is 12.6 Å². The fourth-order valence-corrected chi connectivity index (χ4v) is 5.58. The highest BCUT2D eigenvalue weighted by atomic mass is 16.2. The van der Waals surface area contributed by atoms with Gasteiger partial charge in [0, 0.05) is 31.7 Å². The molecule has 6 nitrogen and oxygen atoms in total. The molecule has 3 rings (SSSR count). The van der Waals surface area contributed by atoms with E-state index in [-0.39, 0.29) is 22.8 Å². The SMILES string of the molecule is C=CN(C=[N+](C)C)C(=O)N(C)Cc1ccc(C(=O)N2CC3(C)CC2CC(C)(C)C3)cc1. The molecule has 2 bridgehead atoms. The molecule has 168 valence electrons. The monoisotopic (exact) mass is 425 g/mol. The lowest BCUT2D eigenvalue weighted by Crippen LogP contribution is -2.38. The summed E-state index contributed by atoms with van der Waals surface area (Å²) in [6.07, 6.45) is 6.53. The van der Waals surface area contributed by atoms with Crippen LogP contribution in [0.4, 0.5) is 4.79 Å². The van der Waals surface area contributed by atoms with Crippen LogP contribution in [0.5, 0.6) is 0 Å². The number of carbonyl (C=O) groups excluding carboxylic acids is 2. The number of nitrogens with zero attached hydrogens (tertiary/aromatic N) is 4. The molecule has 1 aromatic carbocycles. The van der Waals surface area contributed by atoms with Crippen molar-refractivity contribution in [2.45, 2.75) is 52.6 Å². The molecule has 0 spiro atoms. The molecular formula is C25H37N4O2+. The Morgan fingerprint density at radius 1 is 1.19 bits per heavy atom. The van der Waals surface area contributed by atoms with Gasteiger partial charge in [-0.3, -0.25) is 9.37 Å². The number of likely N-dealkylation sites (tertiary alicyclic amines) is 1. The third-order valence-corrected chi connectivity index (χ3v) is 6.40. The highest BCUT2D eigenvalue weighted by Gasteiger charge is 2.51. The number of benzene rings is 1. The van der Waals surface area contributed by atoms with E-state index >= 15 is 0 Å². The van der Waals surface area contributed by atoms with Gasteiger partial charge in [-0.2, -0.15) is 4.90 Å². The molecular weight excluding hydrogens is 388 g/mol. The first-order chi connectivity index (χ1) is 14.4. The van der Waals surface area contributed by atoms with E-state index in [1.54, 1.807) is 22.9 Å². The van der Waals surface area contributed by atoms with E-state index < -0.39 is 0 Å². The molecule has 1 aliphatic heterocycles. The molecule has 1 saturated heterocycles. The van der Waals surface area contributed by atoms with Gasteiger partial charge in [-0.25, -0.2) is 4.79 Å². The quantitative estimate of drug-likeness (QED) is 0.406. The molecule has 1 saturated carbocycles. The molecule has 2 aliphatic rings. The predicted molar refractivity (Wildman–Crippen MR) is 124 cm³/mol. The zero-order valence-corrected chi connectivity index (χ0v) is 19.9. The van der Waals surface area contributed by atoms with Crippen LogP contribution in [0.1, 0.15) is 56.0 Å².